The highest BCUT2D eigenvalue weighted by molar-refractivity contribution is 9.08. The first-order valence-corrected chi connectivity index (χ1v) is 8.67. The second kappa shape index (κ2) is 7.45. The van der Waals surface area contributed by atoms with Gasteiger partial charge in [-0.1, -0.05) is 46.3 Å². The molecule has 0 saturated heterocycles. The Kier molecular flexibility index (Phi) is 5.11. The lowest BCUT2D eigenvalue weighted by Crippen LogP contribution is -2.05. The van der Waals surface area contributed by atoms with Gasteiger partial charge in [0.1, 0.15) is 12.0 Å². The Morgan fingerprint density at radius 1 is 1.17 bits per heavy atom. The van der Waals surface area contributed by atoms with Gasteiger partial charge in [-0.05, 0) is 29.8 Å². The molecule has 5 heteroatoms. The summed E-state index contributed by atoms with van der Waals surface area (Å²) >= 11 is 3.52. The van der Waals surface area contributed by atoms with E-state index in [-0.39, 0.29) is 0 Å². The Labute approximate surface area is 149 Å². The molecule has 2 aromatic carbocycles. The van der Waals surface area contributed by atoms with Gasteiger partial charge in [0, 0.05) is 22.2 Å². The predicted octanol–water partition coefficient (Wildman–Crippen LogP) is 4.31. The van der Waals surface area contributed by atoms with Gasteiger partial charge < -0.3 is 4.74 Å². The third kappa shape index (κ3) is 3.57. The second-order valence-electron chi connectivity index (χ2n) is 5.40. The zero-order valence-electron chi connectivity index (χ0n) is 13.3. The maximum Gasteiger partial charge on any atom is 0.150 e. The molecular weight excluding hydrogens is 368 g/mol. The topological polar surface area (TPSA) is 44.1 Å². The van der Waals surface area contributed by atoms with Gasteiger partial charge in [-0.3, -0.25) is 9.48 Å². The first-order valence-electron chi connectivity index (χ1n) is 7.54. The van der Waals surface area contributed by atoms with Crippen LogP contribution in [0.15, 0.2) is 54.6 Å². The summed E-state index contributed by atoms with van der Waals surface area (Å²) in [6, 6.07) is 17.5. The Bertz CT molecular complexity index is 841. The minimum absolute atomic E-state index is 0.651. The molecule has 0 aliphatic heterocycles. The van der Waals surface area contributed by atoms with E-state index in [0.717, 1.165) is 34.6 Å². The molecule has 0 unspecified atom stereocenters. The van der Waals surface area contributed by atoms with Crippen molar-refractivity contribution >= 4 is 22.2 Å². The number of benzene rings is 2. The number of carbonyl (C=O) groups is 1. The molecule has 1 aromatic heterocycles. The predicted molar refractivity (Wildman–Crippen MR) is 97.8 cm³/mol. The van der Waals surface area contributed by atoms with Gasteiger partial charge in [-0.15, -0.1) is 0 Å². The normalized spacial score (nSPS) is 10.6. The molecule has 0 N–H and O–H groups in total. The van der Waals surface area contributed by atoms with Crippen LogP contribution in [0, 0.1) is 0 Å². The van der Waals surface area contributed by atoms with Crippen LogP contribution in [0.5, 0.6) is 5.75 Å². The summed E-state index contributed by atoms with van der Waals surface area (Å²) in [5.41, 5.74) is 4.68. The van der Waals surface area contributed by atoms with Gasteiger partial charge in [0.15, 0.2) is 0 Å². The average Bonchev–Trinajstić information content (AvgIpc) is 3.05. The fourth-order valence-electron chi connectivity index (χ4n) is 2.52. The smallest absolute Gasteiger partial charge is 0.150 e. The third-order valence-electron chi connectivity index (χ3n) is 3.81. The first kappa shape index (κ1) is 16.5. The third-order valence-corrected chi connectivity index (χ3v) is 4.38. The zero-order valence-corrected chi connectivity index (χ0v) is 14.9. The SMILES string of the molecule is COc1ccc(Cn2nc(-c3cccc(C=O)c3)cc2CBr)cc1. The van der Waals surface area contributed by atoms with Crippen molar-refractivity contribution in [3.8, 4) is 17.0 Å². The standard InChI is InChI=1S/C19H17BrN2O2/c1-24-18-7-5-14(6-8-18)12-22-17(11-20)10-19(21-22)16-4-2-3-15(9-16)13-23/h2-10,13H,11-12H2,1H3. The highest BCUT2D eigenvalue weighted by atomic mass is 79.9. The van der Waals surface area contributed by atoms with Gasteiger partial charge in [0.25, 0.3) is 0 Å². The summed E-state index contributed by atoms with van der Waals surface area (Å²) in [7, 11) is 1.66. The van der Waals surface area contributed by atoms with E-state index in [4.69, 9.17) is 9.84 Å². The number of nitrogens with zero attached hydrogens (tertiary/aromatic N) is 2. The molecule has 0 spiro atoms. The summed E-state index contributed by atoms with van der Waals surface area (Å²) in [6.45, 7) is 0.679. The molecule has 3 aromatic rings. The van der Waals surface area contributed by atoms with Crippen LogP contribution >= 0.6 is 15.9 Å². The molecular formula is C19H17BrN2O2. The maximum absolute atomic E-state index is 11.0. The minimum Gasteiger partial charge on any atom is -0.497 e. The quantitative estimate of drug-likeness (QED) is 0.469. The molecule has 0 saturated carbocycles. The van der Waals surface area contributed by atoms with Gasteiger partial charge in [-0.2, -0.15) is 5.10 Å². The number of hydrogen-bond acceptors (Lipinski definition) is 3. The number of aldehydes is 1. The minimum atomic E-state index is 0.651. The molecule has 0 radical (unpaired) electrons. The van der Waals surface area contributed by atoms with Crippen molar-refractivity contribution < 1.29 is 9.53 Å². The van der Waals surface area contributed by atoms with Crippen molar-refractivity contribution in [2.75, 3.05) is 7.11 Å². The second-order valence-corrected chi connectivity index (χ2v) is 5.96. The van der Waals surface area contributed by atoms with Crippen molar-refractivity contribution in [1.82, 2.24) is 9.78 Å². The van der Waals surface area contributed by atoms with Crippen LogP contribution in [0.1, 0.15) is 21.6 Å². The van der Waals surface area contributed by atoms with Crippen molar-refractivity contribution in [1.29, 1.82) is 0 Å². The average molecular weight is 385 g/mol. The first-order chi connectivity index (χ1) is 11.7. The number of carbonyl (C=O) groups excluding carboxylic acids is 1. The van der Waals surface area contributed by atoms with Crippen LogP contribution in [0.3, 0.4) is 0 Å². The largest absolute Gasteiger partial charge is 0.497 e. The van der Waals surface area contributed by atoms with Crippen LogP contribution in [0.2, 0.25) is 0 Å². The fourth-order valence-corrected chi connectivity index (χ4v) is 2.97. The molecule has 122 valence electrons. The zero-order chi connectivity index (χ0) is 16.9. The highest BCUT2D eigenvalue weighted by Crippen LogP contribution is 2.22. The highest BCUT2D eigenvalue weighted by Gasteiger charge is 2.10. The van der Waals surface area contributed by atoms with Crippen molar-refractivity contribution in [3.63, 3.8) is 0 Å². The molecule has 4 nitrogen and oxygen atoms in total. The van der Waals surface area contributed by atoms with Crippen LogP contribution in [0.4, 0.5) is 0 Å². The number of hydrogen-bond donors (Lipinski definition) is 0. The van der Waals surface area contributed by atoms with Crippen LogP contribution in [0.25, 0.3) is 11.3 Å². The van der Waals surface area contributed by atoms with E-state index in [1.165, 1.54) is 0 Å². The van der Waals surface area contributed by atoms with Gasteiger partial charge in [-0.25, -0.2) is 0 Å². The number of rotatable bonds is 6. The van der Waals surface area contributed by atoms with Crippen molar-refractivity contribution in [2.24, 2.45) is 0 Å². The lowest BCUT2D eigenvalue weighted by Gasteiger charge is -2.06. The Morgan fingerprint density at radius 3 is 2.62 bits per heavy atom. The number of ether oxygens (including phenoxy) is 1. The van der Waals surface area contributed by atoms with Gasteiger partial charge >= 0.3 is 0 Å². The van der Waals surface area contributed by atoms with E-state index in [9.17, 15) is 4.79 Å². The van der Waals surface area contributed by atoms with Crippen LogP contribution in [-0.4, -0.2) is 23.2 Å². The fraction of sp³-hybridized carbons (Fsp3) is 0.158. The molecule has 3 rings (SSSR count). The molecule has 0 fully saturated rings. The van der Waals surface area contributed by atoms with E-state index in [2.05, 4.69) is 15.9 Å². The molecule has 0 amide bonds. The van der Waals surface area contributed by atoms with Gasteiger partial charge in [0.2, 0.25) is 0 Å². The van der Waals surface area contributed by atoms with E-state index in [0.29, 0.717) is 17.4 Å². The van der Waals surface area contributed by atoms with Crippen molar-refractivity contribution in [3.05, 3.63) is 71.4 Å². The molecule has 24 heavy (non-hydrogen) atoms. The Morgan fingerprint density at radius 2 is 1.96 bits per heavy atom. The molecule has 0 aliphatic carbocycles. The molecule has 1 heterocycles. The maximum atomic E-state index is 11.0. The lowest BCUT2D eigenvalue weighted by molar-refractivity contribution is 0.112. The number of methoxy groups -OCH3 is 1. The lowest BCUT2D eigenvalue weighted by atomic mass is 10.1. The number of alkyl halides is 1. The molecule has 0 atom stereocenters. The van der Waals surface area contributed by atoms with Crippen molar-refractivity contribution in [2.45, 2.75) is 11.9 Å². The summed E-state index contributed by atoms with van der Waals surface area (Å²) in [6.07, 6.45) is 0.850. The summed E-state index contributed by atoms with van der Waals surface area (Å²) in [4.78, 5) is 11.0. The monoisotopic (exact) mass is 384 g/mol. The van der Waals surface area contributed by atoms with E-state index >= 15 is 0 Å². The molecule has 0 aliphatic rings. The van der Waals surface area contributed by atoms with E-state index in [1.807, 2.05) is 53.2 Å². The van der Waals surface area contributed by atoms with Crippen LogP contribution < -0.4 is 4.74 Å². The van der Waals surface area contributed by atoms with E-state index in [1.54, 1.807) is 13.2 Å². The van der Waals surface area contributed by atoms with Gasteiger partial charge in [0.05, 0.1) is 19.3 Å². The summed E-state index contributed by atoms with van der Waals surface area (Å²) in [5, 5.41) is 5.42. The van der Waals surface area contributed by atoms with E-state index < -0.39 is 0 Å². The number of halogens is 1. The number of aromatic nitrogens is 2. The van der Waals surface area contributed by atoms with Crippen LogP contribution in [-0.2, 0) is 11.9 Å². The molecule has 0 bridgehead atoms. The summed E-state index contributed by atoms with van der Waals surface area (Å²) < 4.78 is 7.16. The Balaban J connectivity index is 1.90. The Hall–Kier alpha value is -2.40. The summed E-state index contributed by atoms with van der Waals surface area (Å²) in [5.74, 6) is 0.839.